The number of hydrogen-bond acceptors (Lipinski definition) is 5. The summed E-state index contributed by atoms with van der Waals surface area (Å²) in [7, 11) is 0. The van der Waals surface area contributed by atoms with Crippen LogP contribution in [-0.4, -0.2) is 41.3 Å². The molecule has 5 unspecified atom stereocenters. The molecule has 5 atom stereocenters. The van der Waals surface area contributed by atoms with Crippen LogP contribution in [0.5, 0.6) is 0 Å². The zero-order chi connectivity index (χ0) is 12.8. The van der Waals surface area contributed by atoms with E-state index in [1.54, 1.807) is 13.8 Å². The highest BCUT2D eigenvalue weighted by molar-refractivity contribution is 5.87. The Kier molecular flexibility index (Phi) is 3.01. The van der Waals surface area contributed by atoms with E-state index in [1.807, 2.05) is 6.92 Å². The van der Waals surface area contributed by atoms with E-state index in [4.69, 9.17) is 14.2 Å². The van der Waals surface area contributed by atoms with Crippen molar-refractivity contribution in [3.63, 3.8) is 0 Å². The van der Waals surface area contributed by atoms with Gasteiger partial charge in [-0.15, -0.1) is 0 Å². The van der Waals surface area contributed by atoms with Gasteiger partial charge in [-0.05, 0) is 20.8 Å². The molecule has 2 aliphatic heterocycles. The molecule has 2 saturated heterocycles. The molecule has 0 amide bonds. The minimum Gasteiger partial charge on any atom is -0.453 e. The minimum absolute atomic E-state index is 0.197. The van der Waals surface area contributed by atoms with Crippen LogP contribution < -0.4 is 0 Å². The Balaban J connectivity index is 2.11. The second-order valence-corrected chi connectivity index (χ2v) is 4.99. The van der Waals surface area contributed by atoms with Crippen LogP contribution in [0.2, 0.25) is 0 Å². The third-order valence-electron chi connectivity index (χ3n) is 3.10. The molecule has 5 nitrogen and oxygen atoms in total. The first-order valence-electron chi connectivity index (χ1n) is 5.72. The van der Waals surface area contributed by atoms with Gasteiger partial charge in [-0.3, -0.25) is 0 Å². The number of rotatable bonds is 2. The van der Waals surface area contributed by atoms with Gasteiger partial charge in [0.15, 0.2) is 11.9 Å². The molecule has 2 aliphatic rings. The molecule has 0 aromatic heterocycles. The Morgan fingerprint density at radius 2 is 2.24 bits per heavy atom. The van der Waals surface area contributed by atoms with Crippen LogP contribution in [-0.2, 0) is 19.0 Å². The molecule has 17 heavy (non-hydrogen) atoms. The van der Waals surface area contributed by atoms with Crippen LogP contribution in [0, 0.1) is 0 Å². The average molecular weight is 242 g/mol. The van der Waals surface area contributed by atoms with Gasteiger partial charge < -0.3 is 19.3 Å². The van der Waals surface area contributed by atoms with Gasteiger partial charge in [0.1, 0.15) is 12.2 Å². The largest absolute Gasteiger partial charge is 0.453 e. The first-order chi connectivity index (χ1) is 7.80. The van der Waals surface area contributed by atoms with Crippen LogP contribution in [0.4, 0.5) is 0 Å². The highest BCUT2D eigenvalue weighted by atomic mass is 16.7. The number of ether oxygens (including phenoxy) is 3. The summed E-state index contributed by atoms with van der Waals surface area (Å²) in [6.07, 6.45) is -1.11. The predicted octanol–water partition coefficient (Wildman–Crippen LogP) is 0.759. The van der Waals surface area contributed by atoms with Crippen LogP contribution >= 0.6 is 0 Å². The highest BCUT2D eigenvalue weighted by Gasteiger charge is 2.54. The first-order valence-corrected chi connectivity index (χ1v) is 5.72. The Morgan fingerprint density at radius 1 is 1.59 bits per heavy atom. The molecule has 5 heteroatoms. The van der Waals surface area contributed by atoms with Gasteiger partial charge in [0.05, 0.1) is 6.10 Å². The van der Waals surface area contributed by atoms with Crippen molar-refractivity contribution in [3.05, 3.63) is 12.2 Å². The average Bonchev–Trinajstić information content (AvgIpc) is 2.39. The smallest absolute Gasteiger partial charge is 0.333 e. The van der Waals surface area contributed by atoms with E-state index in [1.165, 1.54) is 0 Å². The van der Waals surface area contributed by atoms with E-state index in [0.29, 0.717) is 12.0 Å². The Labute approximate surface area is 100 Å². The van der Waals surface area contributed by atoms with Crippen molar-refractivity contribution < 1.29 is 24.1 Å². The van der Waals surface area contributed by atoms with Crippen LogP contribution in [0.25, 0.3) is 0 Å². The van der Waals surface area contributed by atoms with E-state index in [2.05, 4.69) is 6.58 Å². The predicted molar refractivity (Wildman–Crippen MR) is 59.1 cm³/mol. The molecule has 96 valence electrons. The summed E-state index contributed by atoms with van der Waals surface area (Å²) < 4.78 is 16.4. The number of esters is 1. The number of carbonyl (C=O) groups is 1. The second kappa shape index (κ2) is 4.08. The summed E-state index contributed by atoms with van der Waals surface area (Å²) in [6.45, 7) is 8.55. The van der Waals surface area contributed by atoms with Gasteiger partial charge in [0.2, 0.25) is 0 Å². The van der Waals surface area contributed by atoms with Crippen molar-refractivity contribution in [2.75, 3.05) is 0 Å². The third-order valence-corrected chi connectivity index (χ3v) is 3.10. The summed E-state index contributed by atoms with van der Waals surface area (Å²) in [6, 6.07) is 0. The lowest BCUT2D eigenvalue weighted by Gasteiger charge is -2.37. The Morgan fingerprint density at radius 3 is 2.76 bits per heavy atom. The van der Waals surface area contributed by atoms with Crippen molar-refractivity contribution >= 4 is 5.97 Å². The first kappa shape index (κ1) is 12.5. The Bertz CT molecular complexity index is 349. The van der Waals surface area contributed by atoms with Gasteiger partial charge in [-0.25, -0.2) is 4.79 Å². The van der Waals surface area contributed by atoms with Gasteiger partial charge in [0, 0.05) is 12.0 Å². The van der Waals surface area contributed by atoms with Gasteiger partial charge in [-0.1, -0.05) is 6.58 Å². The number of carbonyl (C=O) groups excluding carboxylic acids is 1. The maximum atomic E-state index is 11.5. The summed E-state index contributed by atoms with van der Waals surface area (Å²) in [4.78, 5) is 11.5. The van der Waals surface area contributed by atoms with E-state index in [-0.39, 0.29) is 12.2 Å². The van der Waals surface area contributed by atoms with E-state index < -0.39 is 24.0 Å². The zero-order valence-corrected chi connectivity index (χ0v) is 10.3. The molecular weight excluding hydrogens is 224 g/mol. The SMILES string of the molecule is C=C(C)C(=O)OC1C2CC(C)(O)OC1C(C)O2. The maximum absolute atomic E-state index is 11.5. The molecule has 0 spiro atoms. The fourth-order valence-corrected chi connectivity index (χ4v) is 2.32. The quantitative estimate of drug-likeness (QED) is 0.572. The standard InChI is InChI=1S/C12H18O5/c1-6(2)11(13)16-10-8-5-12(4,14)17-9(10)7(3)15-8/h7-10,14H,1,5H2,2-4H3. The van der Waals surface area contributed by atoms with E-state index >= 15 is 0 Å². The highest BCUT2D eigenvalue weighted by Crippen LogP contribution is 2.39. The monoisotopic (exact) mass is 242 g/mol. The molecule has 1 N–H and O–H groups in total. The van der Waals surface area contributed by atoms with Gasteiger partial charge in [-0.2, -0.15) is 0 Å². The summed E-state index contributed by atoms with van der Waals surface area (Å²) in [5, 5.41) is 9.87. The maximum Gasteiger partial charge on any atom is 0.333 e. The molecular formula is C12H18O5. The minimum atomic E-state index is -1.22. The van der Waals surface area contributed by atoms with Crippen LogP contribution in [0.15, 0.2) is 12.2 Å². The molecule has 0 radical (unpaired) electrons. The fourth-order valence-electron chi connectivity index (χ4n) is 2.32. The third kappa shape index (κ3) is 2.36. The second-order valence-electron chi connectivity index (χ2n) is 4.99. The Hall–Kier alpha value is -0.910. The number of fused-ring (bicyclic) bond motifs is 2. The molecule has 0 aromatic rings. The van der Waals surface area contributed by atoms with Crippen molar-refractivity contribution in [3.8, 4) is 0 Å². The van der Waals surface area contributed by atoms with E-state index in [9.17, 15) is 9.90 Å². The lowest BCUT2D eigenvalue weighted by Crippen LogP contribution is -2.51. The molecule has 2 fully saturated rings. The molecule has 2 rings (SSSR count). The molecule has 0 saturated carbocycles. The summed E-state index contributed by atoms with van der Waals surface area (Å²) in [5.74, 6) is -1.67. The topological polar surface area (TPSA) is 65.0 Å². The molecule has 0 aliphatic carbocycles. The van der Waals surface area contributed by atoms with Gasteiger partial charge >= 0.3 is 5.97 Å². The summed E-state index contributed by atoms with van der Waals surface area (Å²) >= 11 is 0. The normalized spacial score (nSPS) is 44.5. The van der Waals surface area contributed by atoms with E-state index in [0.717, 1.165) is 0 Å². The fraction of sp³-hybridized carbons (Fsp3) is 0.750. The van der Waals surface area contributed by atoms with Crippen molar-refractivity contribution in [1.29, 1.82) is 0 Å². The lowest BCUT2D eigenvalue weighted by atomic mass is 9.97. The number of hydrogen-bond donors (Lipinski definition) is 1. The molecule has 2 bridgehead atoms. The molecule has 2 heterocycles. The number of aliphatic hydroxyl groups is 1. The van der Waals surface area contributed by atoms with Crippen LogP contribution in [0.1, 0.15) is 27.2 Å². The van der Waals surface area contributed by atoms with Crippen molar-refractivity contribution in [2.24, 2.45) is 0 Å². The van der Waals surface area contributed by atoms with Crippen molar-refractivity contribution in [2.45, 2.75) is 57.4 Å². The van der Waals surface area contributed by atoms with Gasteiger partial charge in [0.25, 0.3) is 0 Å². The van der Waals surface area contributed by atoms with Crippen molar-refractivity contribution in [1.82, 2.24) is 0 Å². The zero-order valence-electron chi connectivity index (χ0n) is 10.3. The van der Waals surface area contributed by atoms with Crippen LogP contribution in [0.3, 0.4) is 0 Å². The molecule has 0 aromatic carbocycles. The lowest BCUT2D eigenvalue weighted by molar-refractivity contribution is -0.263. The summed E-state index contributed by atoms with van der Waals surface area (Å²) in [5.41, 5.74) is 0.342.